The van der Waals surface area contributed by atoms with Crippen LogP contribution in [0.3, 0.4) is 0 Å². The molecule has 0 saturated carbocycles. The number of hydrogen-bond acceptors (Lipinski definition) is 3. The molecule has 0 aliphatic heterocycles. The number of guanidine groups is 1. The molecule has 0 aliphatic carbocycles. The van der Waals surface area contributed by atoms with E-state index < -0.39 is 10.0 Å². The summed E-state index contributed by atoms with van der Waals surface area (Å²) in [6.07, 6.45) is 5.65. The van der Waals surface area contributed by atoms with Gasteiger partial charge in [0.2, 0.25) is 10.0 Å². The molecule has 8 heteroatoms. The van der Waals surface area contributed by atoms with Gasteiger partial charge in [-0.1, -0.05) is 33.1 Å². The zero-order chi connectivity index (χ0) is 16.8. The predicted molar refractivity (Wildman–Crippen MR) is 110 cm³/mol. The monoisotopic (exact) mass is 462 g/mol. The summed E-state index contributed by atoms with van der Waals surface area (Å²) in [6, 6.07) is 0. The molecule has 0 aliphatic rings. The minimum atomic E-state index is -3.08. The Morgan fingerprint density at radius 1 is 1.09 bits per heavy atom. The van der Waals surface area contributed by atoms with E-state index in [0.29, 0.717) is 19.0 Å². The van der Waals surface area contributed by atoms with Crippen molar-refractivity contribution in [2.75, 3.05) is 32.4 Å². The van der Waals surface area contributed by atoms with Gasteiger partial charge in [-0.3, -0.25) is 4.99 Å². The van der Waals surface area contributed by atoms with E-state index in [1.807, 2.05) is 0 Å². The molecule has 3 N–H and O–H groups in total. The molecule has 23 heavy (non-hydrogen) atoms. The standard InChI is InChI=1S/C15H34N4O2S.HI/c1-5-8-10-14(6-2)13-18-15(16-4)17-11-9-12-19-22(20,21)7-3;/h14,19H,5-13H2,1-4H3,(H2,16,17,18);1H. The largest absolute Gasteiger partial charge is 0.356 e. The molecule has 0 heterocycles. The molecule has 0 bridgehead atoms. The first kappa shape index (κ1) is 25.2. The van der Waals surface area contributed by atoms with Gasteiger partial charge in [-0.2, -0.15) is 0 Å². The number of unbranched alkanes of at least 4 members (excludes halogenated alkanes) is 1. The van der Waals surface area contributed by atoms with Crippen LogP contribution in [0, 0.1) is 5.92 Å². The third-order valence-corrected chi connectivity index (χ3v) is 5.08. The van der Waals surface area contributed by atoms with Gasteiger partial charge >= 0.3 is 0 Å². The molecule has 0 aromatic heterocycles. The topological polar surface area (TPSA) is 82.6 Å². The normalized spacial score (nSPS) is 13.3. The SMILES string of the molecule is CCCCC(CC)CNC(=NC)NCCCNS(=O)(=O)CC.I. The lowest BCUT2D eigenvalue weighted by atomic mass is 9.99. The fourth-order valence-electron chi connectivity index (χ4n) is 2.03. The van der Waals surface area contributed by atoms with Crippen LogP contribution in [0.2, 0.25) is 0 Å². The van der Waals surface area contributed by atoms with E-state index in [0.717, 1.165) is 18.9 Å². The van der Waals surface area contributed by atoms with Crippen molar-refractivity contribution in [1.82, 2.24) is 15.4 Å². The summed E-state index contributed by atoms with van der Waals surface area (Å²) in [7, 11) is -1.33. The fourth-order valence-corrected chi connectivity index (χ4v) is 2.69. The van der Waals surface area contributed by atoms with Crippen LogP contribution in [0.1, 0.15) is 52.9 Å². The molecule has 1 unspecified atom stereocenters. The summed E-state index contributed by atoms with van der Waals surface area (Å²) < 4.78 is 25.1. The van der Waals surface area contributed by atoms with Gasteiger partial charge in [-0.15, -0.1) is 24.0 Å². The van der Waals surface area contributed by atoms with Crippen molar-refractivity contribution < 1.29 is 8.42 Å². The molecular weight excluding hydrogens is 427 g/mol. The van der Waals surface area contributed by atoms with E-state index in [1.54, 1.807) is 14.0 Å². The molecular formula is C15H35IN4O2S. The first-order chi connectivity index (χ1) is 10.5. The summed E-state index contributed by atoms with van der Waals surface area (Å²) in [5, 5.41) is 6.56. The molecule has 0 spiro atoms. The van der Waals surface area contributed by atoms with Gasteiger partial charge in [0.15, 0.2) is 5.96 Å². The Kier molecular flexibility index (Phi) is 16.9. The Bertz CT molecular complexity index is 402. The average Bonchev–Trinajstić information content (AvgIpc) is 2.52. The second kappa shape index (κ2) is 15.4. The molecule has 6 nitrogen and oxygen atoms in total. The highest BCUT2D eigenvalue weighted by atomic mass is 127. The number of nitrogens with zero attached hydrogens (tertiary/aromatic N) is 1. The summed E-state index contributed by atoms with van der Waals surface area (Å²) in [6.45, 7) is 8.14. The zero-order valence-corrected chi connectivity index (χ0v) is 18.2. The molecule has 1 atom stereocenters. The van der Waals surface area contributed by atoms with Crippen molar-refractivity contribution in [3.8, 4) is 0 Å². The van der Waals surface area contributed by atoms with Gasteiger partial charge in [0, 0.05) is 26.7 Å². The maximum Gasteiger partial charge on any atom is 0.211 e. The highest BCUT2D eigenvalue weighted by Crippen LogP contribution is 2.10. The molecule has 0 saturated heterocycles. The van der Waals surface area contributed by atoms with Crippen LogP contribution in [-0.2, 0) is 10.0 Å². The number of aliphatic imine (C=N–C) groups is 1. The number of sulfonamides is 1. The number of nitrogens with one attached hydrogen (secondary N) is 3. The molecule has 140 valence electrons. The van der Waals surface area contributed by atoms with Gasteiger partial charge in [0.1, 0.15) is 0 Å². The van der Waals surface area contributed by atoms with Gasteiger partial charge in [-0.05, 0) is 25.7 Å². The highest BCUT2D eigenvalue weighted by molar-refractivity contribution is 14.0. The lowest BCUT2D eigenvalue weighted by Crippen LogP contribution is -2.40. The lowest BCUT2D eigenvalue weighted by molar-refractivity contribution is 0.443. The minimum absolute atomic E-state index is 0. The van der Waals surface area contributed by atoms with Crippen molar-refractivity contribution in [2.45, 2.75) is 52.9 Å². The second-order valence-electron chi connectivity index (χ2n) is 5.45. The van der Waals surface area contributed by atoms with Crippen LogP contribution in [0.15, 0.2) is 4.99 Å². The van der Waals surface area contributed by atoms with E-state index in [9.17, 15) is 8.42 Å². The van der Waals surface area contributed by atoms with Crippen molar-refractivity contribution in [1.29, 1.82) is 0 Å². The highest BCUT2D eigenvalue weighted by Gasteiger charge is 2.07. The predicted octanol–water partition coefficient (Wildman–Crippen LogP) is 2.32. The lowest BCUT2D eigenvalue weighted by Gasteiger charge is -2.18. The Hall–Kier alpha value is -0.0900. The van der Waals surface area contributed by atoms with Crippen molar-refractivity contribution in [3.63, 3.8) is 0 Å². The van der Waals surface area contributed by atoms with Crippen molar-refractivity contribution in [2.24, 2.45) is 10.9 Å². The van der Waals surface area contributed by atoms with Crippen LogP contribution in [-0.4, -0.2) is 46.8 Å². The molecule has 0 aromatic rings. The number of halogens is 1. The van der Waals surface area contributed by atoms with Crippen LogP contribution in [0.5, 0.6) is 0 Å². The van der Waals surface area contributed by atoms with E-state index in [4.69, 9.17) is 0 Å². The van der Waals surface area contributed by atoms with E-state index in [-0.39, 0.29) is 29.7 Å². The summed E-state index contributed by atoms with van der Waals surface area (Å²) >= 11 is 0. The summed E-state index contributed by atoms with van der Waals surface area (Å²) in [5.41, 5.74) is 0. The molecule has 0 fully saturated rings. The van der Waals surface area contributed by atoms with Gasteiger partial charge in [0.25, 0.3) is 0 Å². The molecule has 0 aromatic carbocycles. The smallest absolute Gasteiger partial charge is 0.211 e. The number of rotatable bonds is 12. The zero-order valence-electron chi connectivity index (χ0n) is 15.0. The minimum Gasteiger partial charge on any atom is -0.356 e. The Labute approximate surface area is 159 Å². The number of hydrogen-bond donors (Lipinski definition) is 3. The Morgan fingerprint density at radius 2 is 1.78 bits per heavy atom. The van der Waals surface area contributed by atoms with Gasteiger partial charge < -0.3 is 10.6 Å². The first-order valence-corrected chi connectivity index (χ1v) is 10.1. The summed E-state index contributed by atoms with van der Waals surface area (Å²) in [4.78, 5) is 4.19. The van der Waals surface area contributed by atoms with Crippen LogP contribution in [0.25, 0.3) is 0 Å². The van der Waals surface area contributed by atoms with Crippen molar-refractivity contribution >= 4 is 40.0 Å². The average molecular weight is 462 g/mol. The van der Waals surface area contributed by atoms with Crippen LogP contribution in [0.4, 0.5) is 0 Å². The Morgan fingerprint density at radius 3 is 2.30 bits per heavy atom. The maximum atomic E-state index is 11.3. The van der Waals surface area contributed by atoms with Crippen LogP contribution >= 0.6 is 24.0 Å². The van der Waals surface area contributed by atoms with Gasteiger partial charge in [-0.25, -0.2) is 13.1 Å². The second-order valence-corrected chi connectivity index (χ2v) is 7.54. The quantitative estimate of drug-likeness (QED) is 0.180. The van der Waals surface area contributed by atoms with E-state index in [1.165, 1.54) is 25.7 Å². The summed E-state index contributed by atoms with van der Waals surface area (Å²) in [5.74, 6) is 1.59. The third-order valence-electron chi connectivity index (χ3n) is 3.67. The fraction of sp³-hybridized carbons (Fsp3) is 0.933. The maximum absolute atomic E-state index is 11.3. The van der Waals surface area contributed by atoms with E-state index >= 15 is 0 Å². The molecule has 0 rings (SSSR count). The van der Waals surface area contributed by atoms with Crippen molar-refractivity contribution in [3.05, 3.63) is 0 Å². The molecule has 0 radical (unpaired) electrons. The van der Waals surface area contributed by atoms with E-state index in [2.05, 4.69) is 34.2 Å². The molecule has 0 amide bonds. The Balaban J connectivity index is 0. The van der Waals surface area contributed by atoms with Gasteiger partial charge in [0.05, 0.1) is 5.75 Å². The third kappa shape index (κ3) is 14.0. The first-order valence-electron chi connectivity index (χ1n) is 8.40. The van der Waals surface area contributed by atoms with Crippen LogP contribution < -0.4 is 15.4 Å².